The van der Waals surface area contributed by atoms with Crippen molar-refractivity contribution >= 4 is 41.8 Å². The largest absolute Gasteiger partial charge is 0.352 e. The number of imidazole rings is 1. The van der Waals surface area contributed by atoms with Crippen LogP contribution in [0.5, 0.6) is 0 Å². The Hall–Kier alpha value is -2.08. The van der Waals surface area contributed by atoms with Gasteiger partial charge in [-0.15, -0.1) is 24.8 Å². The molecule has 1 aliphatic rings. The third kappa shape index (κ3) is 5.10. The Labute approximate surface area is 184 Å². The lowest BCUT2D eigenvalue weighted by molar-refractivity contribution is 0.0954. The highest BCUT2D eigenvalue weighted by atomic mass is 35.5. The van der Waals surface area contributed by atoms with Crippen molar-refractivity contribution in [2.75, 3.05) is 19.6 Å². The van der Waals surface area contributed by atoms with Crippen LogP contribution in [0.4, 0.5) is 0 Å². The topological polar surface area (TPSA) is 59.0 Å². The zero-order chi connectivity index (χ0) is 18.6. The molecule has 0 unspecified atom stereocenters. The fourth-order valence-electron chi connectivity index (χ4n) is 3.87. The molecule has 1 aliphatic heterocycles. The Morgan fingerprint density at radius 2 is 1.86 bits per heavy atom. The maximum Gasteiger partial charge on any atom is 0.251 e. The van der Waals surface area contributed by atoms with Crippen molar-refractivity contribution in [3.63, 3.8) is 0 Å². The molecule has 1 amide bonds. The summed E-state index contributed by atoms with van der Waals surface area (Å²) in [6.07, 6.45) is 2.74. The van der Waals surface area contributed by atoms with Crippen molar-refractivity contribution in [1.29, 1.82) is 0 Å². The molecule has 0 bridgehead atoms. The second-order valence-corrected chi connectivity index (χ2v) is 7.00. The molecule has 2 aromatic carbocycles. The van der Waals surface area contributed by atoms with E-state index in [0.29, 0.717) is 6.54 Å². The van der Waals surface area contributed by atoms with Crippen LogP contribution in [0.2, 0.25) is 0 Å². The number of fused-ring (bicyclic) bond motifs is 2. The van der Waals surface area contributed by atoms with Crippen LogP contribution in [-0.4, -0.2) is 35.1 Å². The number of rotatable bonds is 5. The van der Waals surface area contributed by atoms with E-state index in [4.69, 9.17) is 4.98 Å². The van der Waals surface area contributed by atoms with Gasteiger partial charge in [0.1, 0.15) is 5.82 Å². The van der Waals surface area contributed by atoms with Crippen LogP contribution in [0.15, 0.2) is 42.5 Å². The van der Waals surface area contributed by atoms with Crippen molar-refractivity contribution in [2.45, 2.75) is 32.7 Å². The molecule has 0 aliphatic carbocycles. The van der Waals surface area contributed by atoms with E-state index < -0.39 is 0 Å². The van der Waals surface area contributed by atoms with Crippen LogP contribution in [0.25, 0.3) is 11.0 Å². The van der Waals surface area contributed by atoms with Gasteiger partial charge in [0.15, 0.2) is 0 Å². The summed E-state index contributed by atoms with van der Waals surface area (Å²) < 4.78 is 2.22. The molecule has 5 nitrogen and oxygen atoms in total. The van der Waals surface area contributed by atoms with Gasteiger partial charge in [0.05, 0.1) is 11.0 Å². The number of aromatic nitrogens is 2. The number of carbonyl (C=O) groups is 1. The zero-order valence-electron chi connectivity index (χ0n) is 16.6. The summed E-state index contributed by atoms with van der Waals surface area (Å²) in [4.78, 5) is 17.3. The van der Waals surface area contributed by atoms with Gasteiger partial charge < -0.3 is 15.2 Å². The summed E-state index contributed by atoms with van der Waals surface area (Å²) in [5.41, 5.74) is 5.56. The predicted molar refractivity (Wildman–Crippen MR) is 123 cm³/mol. The quantitative estimate of drug-likeness (QED) is 0.645. The highest BCUT2D eigenvalue weighted by Crippen LogP contribution is 2.17. The van der Waals surface area contributed by atoms with E-state index in [1.54, 1.807) is 0 Å². The van der Waals surface area contributed by atoms with Gasteiger partial charge in [0.2, 0.25) is 0 Å². The van der Waals surface area contributed by atoms with E-state index in [9.17, 15) is 4.79 Å². The molecule has 0 radical (unpaired) electrons. The highest BCUT2D eigenvalue weighted by Gasteiger charge is 2.13. The second-order valence-electron chi connectivity index (χ2n) is 7.00. The van der Waals surface area contributed by atoms with Gasteiger partial charge in [-0.3, -0.25) is 4.79 Å². The van der Waals surface area contributed by atoms with E-state index in [0.717, 1.165) is 61.3 Å². The van der Waals surface area contributed by atoms with E-state index in [2.05, 4.69) is 40.3 Å². The maximum absolute atomic E-state index is 12.6. The molecule has 2 N–H and O–H groups in total. The van der Waals surface area contributed by atoms with Gasteiger partial charge in [0.25, 0.3) is 5.91 Å². The van der Waals surface area contributed by atoms with Crippen LogP contribution in [0.1, 0.15) is 34.2 Å². The highest BCUT2D eigenvalue weighted by molar-refractivity contribution is 5.94. The number of para-hydroxylation sites is 2. The summed E-state index contributed by atoms with van der Waals surface area (Å²) in [5.74, 6) is 1.01. The predicted octanol–water partition coefficient (Wildman–Crippen LogP) is 3.56. The first kappa shape index (κ1) is 23.2. The molecule has 156 valence electrons. The number of nitrogens with one attached hydrogen (secondary N) is 2. The van der Waals surface area contributed by atoms with Crippen LogP contribution in [0, 0.1) is 0 Å². The first-order valence-corrected chi connectivity index (χ1v) is 9.81. The molecular weight excluding hydrogens is 407 g/mol. The fourth-order valence-corrected chi connectivity index (χ4v) is 3.87. The van der Waals surface area contributed by atoms with E-state index >= 15 is 0 Å². The Balaban J connectivity index is 0.00000150. The SMILES string of the molecule is CCn1c(CCNC(=O)c2ccc3c(c2)CCNCC3)nc2ccccc21.Cl.Cl. The minimum absolute atomic E-state index is 0. The normalized spacial score (nSPS) is 13.0. The molecule has 0 atom stereocenters. The molecule has 3 aromatic rings. The average Bonchev–Trinajstić information content (AvgIpc) is 2.88. The summed E-state index contributed by atoms with van der Waals surface area (Å²) in [5, 5.41) is 6.46. The minimum Gasteiger partial charge on any atom is -0.352 e. The summed E-state index contributed by atoms with van der Waals surface area (Å²) in [6.45, 7) is 5.58. The molecule has 7 heteroatoms. The van der Waals surface area contributed by atoms with Crippen LogP contribution < -0.4 is 10.6 Å². The Bertz CT molecular complexity index is 971. The Morgan fingerprint density at radius 1 is 1.10 bits per heavy atom. The smallest absolute Gasteiger partial charge is 0.251 e. The first-order valence-electron chi connectivity index (χ1n) is 9.81. The van der Waals surface area contributed by atoms with Crippen molar-refractivity contribution < 1.29 is 4.79 Å². The maximum atomic E-state index is 12.6. The standard InChI is InChI=1S/C22H26N4O.2ClH/c1-2-26-20-6-4-3-5-19(20)25-21(26)11-14-24-22(27)18-8-7-16-9-12-23-13-10-17(16)15-18;;/h3-8,15,23H,2,9-14H2,1H3,(H,24,27);2*1H. The van der Waals surface area contributed by atoms with Gasteiger partial charge in [-0.05, 0) is 68.2 Å². The van der Waals surface area contributed by atoms with E-state index in [1.165, 1.54) is 11.1 Å². The number of nitrogens with zero attached hydrogens (tertiary/aromatic N) is 2. The second kappa shape index (κ2) is 10.6. The van der Waals surface area contributed by atoms with Crippen molar-refractivity contribution in [2.24, 2.45) is 0 Å². The van der Waals surface area contributed by atoms with Gasteiger partial charge in [-0.2, -0.15) is 0 Å². The lowest BCUT2D eigenvalue weighted by Crippen LogP contribution is -2.26. The van der Waals surface area contributed by atoms with E-state index in [-0.39, 0.29) is 30.7 Å². The van der Waals surface area contributed by atoms with Crippen molar-refractivity contribution in [3.8, 4) is 0 Å². The Kier molecular flexibility index (Phi) is 8.50. The Morgan fingerprint density at radius 3 is 2.66 bits per heavy atom. The number of halogens is 2. The zero-order valence-corrected chi connectivity index (χ0v) is 18.2. The van der Waals surface area contributed by atoms with Crippen molar-refractivity contribution in [3.05, 3.63) is 65.0 Å². The van der Waals surface area contributed by atoms with Crippen LogP contribution in [-0.2, 0) is 25.8 Å². The van der Waals surface area contributed by atoms with Gasteiger partial charge in [-0.25, -0.2) is 4.98 Å². The van der Waals surface area contributed by atoms with Gasteiger partial charge >= 0.3 is 0 Å². The number of carbonyl (C=O) groups excluding carboxylic acids is 1. The van der Waals surface area contributed by atoms with Gasteiger partial charge in [0, 0.05) is 25.1 Å². The molecule has 4 rings (SSSR count). The lowest BCUT2D eigenvalue weighted by Gasteiger charge is -2.10. The number of hydrogen-bond donors (Lipinski definition) is 2. The lowest BCUT2D eigenvalue weighted by atomic mass is 10.00. The molecule has 0 saturated carbocycles. The van der Waals surface area contributed by atoms with Gasteiger partial charge in [-0.1, -0.05) is 18.2 Å². The number of aryl methyl sites for hydroxylation is 1. The van der Waals surface area contributed by atoms with Crippen molar-refractivity contribution in [1.82, 2.24) is 20.2 Å². The number of hydrogen-bond acceptors (Lipinski definition) is 3. The molecule has 2 heterocycles. The summed E-state index contributed by atoms with van der Waals surface area (Å²) in [6, 6.07) is 14.3. The van der Waals surface area contributed by atoms with Crippen LogP contribution >= 0.6 is 24.8 Å². The summed E-state index contributed by atoms with van der Waals surface area (Å²) in [7, 11) is 0. The monoisotopic (exact) mass is 434 g/mol. The third-order valence-electron chi connectivity index (χ3n) is 5.29. The molecular formula is C22H28Cl2N4O. The molecule has 0 fully saturated rings. The average molecular weight is 435 g/mol. The molecule has 0 saturated heterocycles. The fraction of sp³-hybridized carbons (Fsp3) is 0.364. The van der Waals surface area contributed by atoms with Crippen LogP contribution in [0.3, 0.4) is 0 Å². The summed E-state index contributed by atoms with van der Waals surface area (Å²) >= 11 is 0. The van der Waals surface area contributed by atoms with E-state index in [1.807, 2.05) is 24.3 Å². The first-order chi connectivity index (χ1) is 13.3. The minimum atomic E-state index is -0.00540. The third-order valence-corrected chi connectivity index (χ3v) is 5.29. The molecule has 29 heavy (non-hydrogen) atoms. The molecule has 0 spiro atoms. The molecule has 1 aromatic heterocycles. The number of benzene rings is 2. The number of amides is 1.